The number of carboxylic acids is 1. The lowest BCUT2D eigenvalue weighted by atomic mass is 9.98. The van der Waals surface area contributed by atoms with Gasteiger partial charge in [0.1, 0.15) is 0 Å². The molecule has 0 aliphatic heterocycles. The Morgan fingerprint density at radius 1 is 1.26 bits per heavy atom. The molecule has 2 aromatic rings. The van der Waals surface area contributed by atoms with Crippen molar-refractivity contribution in [1.29, 1.82) is 0 Å². The molecule has 1 aromatic carbocycles. The van der Waals surface area contributed by atoms with Crippen LogP contribution in [0.3, 0.4) is 0 Å². The Morgan fingerprint density at radius 3 is 2.52 bits per heavy atom. The van der Waals surface area contributed by atoms with E-state index < -0.39 is 11.5 Å². The van der Waals surface area contributed by atoms with Crippen LogP contribution >= 0.6 is 11.6 Å². The highest BCUT2D eigenvalue weighted by atomic mass is 35.5. The number of aliphatic carboxylic acids is 1. The summed E-state index contributed by atoms with van der Waals surface area (Å²) in [5.41, 5.74) is 0.432. The van der Waals surface area contributed by atoms with Gasteiger partial charge in [-0.2, -0.15) is 5.10 Å². The van der Waals surface area contributed by atoms with Crippen molar-refractivity contribution in [1.82, 2.24) is 15.1 Å². The number of carbonyl (C=O) groups is 2. The summed E-state index contributed by atoms with van der Waals surface area (Å²) in [6.45, 7) is 3.56. The van der Waals surface area contributed by atoms with Gasteiger partial charge in [0.25, 0.3) is 5.91 Å². The number of rotatable bonds is 6. The number of carbonyl (C=O) groups excluding carboxylic acids is 1. The Labute approximate surface area is 139 Å². The van der Waals surface area contributed by atoms with Crippen molar-refractivity contribution in [3.05, 3.63) is 47.2 Å². The molecule has 1 amide bonds. The highest BCUT2D eigenvalue weighted by molar-refractivity contribution is 6.30. The summed E-state index contributed by atoms with van der Waals surface area (Å²) in [6, 6.07) is 8.69. The Bertz CT molecular complexity index is 708. The number of nitrogens with zero attached hydrogens (tertiary/aromatic N) is 2. The van der Waals surface area contributed by atoms with E-state index in [9.17, 15) is 9.59 Å². The standard InChI is InChI=1S/C16H18ClN3O3/c1-16(2,9-7-14(21)22)18-15(23)13-8-10-20(19-13)12-5-3-11(17)4-6-12/h3-6,8,10H,7,9H2,1-2H3,(H,18,23)(H,21,22). The average Bonchev–Trinajstić information content (AvgIpc) is 2.95. The average molecular weight is 336 g/mol. The second-order valence-electron chi connectivity index (χ2n) is 5.85. The molecule has 0 saturated carbocycles. The molecule has 0 aliphatic rings. The number of nitrogens with one attached hydrogen (secondary N) is 1. The predicted molar refractivity (Wildman–Crippen MR) is 87.0 cm³/mol. The summed E-state index contributed by atoms with van der Waals surface area (Å²) in [5, 5.41) is 16.4. The molecule has 0 unspecified atom stereocenters. The van der Waals surface area contributed by atoms with Crippen LogP contribution in [0, 0.1) is 0 Å². The number of hydrogen-bond donors (Lipinski definition) is 2. The van der Waals surface area contributed by atoms with Gasteiger partial charge in [0.05, 0.1) is 5.69 Å². The fourth-order valence-corrected chi connectivity index (χ4v) is 2.16. The van der Waals surface area contributed by atoms with Crippen LogP contribution in [-0.2, 0) is 4.79 Å². The van der Waals surface area contributed by atoms with Crippen LogP contribution in [0.25, 0.3) is 5.69 Å². The lowest BCUT2D eigenvalue weighted by Crippen LogP contribution is -2.43. The first-order chi connectivity index (χ1) is 10.8. The molecule has 6 nitrogen and oxygen atoms in total. The maximum Gasteiger partial charge on any atom is 0.303 e. The Hall–Kier alpha value is -2.34. The molecule has 2 rings (SSSR count). The van der Waals surface area contributed by atoms with Crippen LogP contribution < -0.4 is 5.32 Å². The van der Waals surface area contributed by atoms with Crippen molar-refractivity contribution in [3.63, 3.8) is 0 Å². The van der Waals surface area contributed by atoms with E-state index in [-0.39, 0.29) is 18.0 Å². The van der Waals surface area contributed by atoms with Crippen molar-refractivity contribution in [3.8, 4) is 5.69 Å². The van der Waals surface area contributed by atoms with E-state index in [0.29, 0.717) is 11.4 Å². The minimum Gasteiger partial charge on any atom is -0.481 e. The third-order valence-corrected chi connectivity index (χ3v) is 3.58. The first-order valence-electron chi connectivity index (χ1n) is 7.13. The smallest absolute Gasteiger partial charge is 0.303 e. The summed E-state index contributed by atoms with van der Waals surface area (Å²) >= 11 is 5.84. The Balaban J connectivity index is 2.06. The molecule has 1 aromatic heterocycles. The highest BCUT2D eigenvalue weighted by Crippen LogP contribution is 2.15. The largest absolute Gasteiger partial charge is 0.481 e. The maximum atomic E-state index is 12.2. The molecule has 1 heterocycles. The zero-order valence-corrected chi connectivity index (χ0v) is 13.7. The zero-order chi connectivity index (χ0) is 17.0. The van der Waals surface area contributed by atoms with Gasteiger partial charge in [0, 0.05) is 23.2 Å². The monoisotopic (exact) mass is 335 g/mol. The van der Waals surface area contributed by atoms with Crippen LogP contribution in [0.5, 0.6) is 0 Å². The predicted octanol–water partition coefficient (Wildman–Crippen LogP) is 2.90. The Morgan fingerprint density at radius 2 is 1.91 bits per heavy atom. The SMILES string of the molecule is CC(C)(CCC(=O)O)NC(=O)c1ccn(-c2ccc(Cl)cc2)n1. The van der Waals surface area contributed by atoms with Gasteiger partial charge in [-0.25, -0.2) is 4.68 Å². The van der Waals surface area contributed by atoms with Crippen molar-refractivity contribution in [2.75, 3.05) is 0 Å². The van der Waals surface area contributed by atoms with Gasteiger partial charge in [0.2, 0.25) is 0 Å². The fourth-order valence-electron chi connectivity index (χ4n) is 2.04. The van der Waals surface area contributed by atoms with E-state index in [1.807, 2.05) is 0 Å². The molecule has 2 N–H and O–H groups in total. The van der Waals surface area contributed by atoms with Gasteiger partial charge >= 0.3 is 5.97 Å². The summed E-state index contributed by atoms with van der Waals surface area (Å²) in [7, 11) is 0. The van der Waals surface area contributed by atoms with E-state index in [1.54, 1.807) is 55.1 Å². The summed E-state index contributed by atoms with van der Waals surface area (Å²) in [4.78, 5) is 22.9. The lowest BCUT2D eigenvalue weighted by Gasteiger charge is -2.25. The molecule has 0 saturated heterocycles. The van der Waals surface area contributed by atoms with E-state index in [1.165, 1.54) is 0 Å². The van der Waals surface area contributed by atoms with Gasteiger partial charge in [0.15, 0.2) is 5.69 Å². The molecule has 122 valence electrons. The third-order valence-electron chi connectivity index (χ3n) is 3.33. The number of benzene rings is 1. The van der Waals surface area contributed by atoms with Crippen LogP contribution in [0.2, 0.25) is 5.02 Å². The molecular formula is C16H18ClN3O3. The van der Waals surface area contributed by atoms with Crippen molar-refractivity contribution in [2.24, 2.45) is 0 Å². The Kier molecular flexibility index (Phi) is 5.05. The molecule has 0 fully saturated rings. The number of halogens is 1. The highest BCUT2D eigenvalue weighted by Gasteiger charge is 2.23. The minimum absolute atomic E-state index is 0.00745. The van der Waals surface area contributed by atoms with Gasteiger partial charge in [-0.1, -0.05) is 11.6 Å². The molecule has 23 heavy (non-hydrogen) atoms. The van der Waals surface area contributed by atoms with Crippen LogP contribution in [0.1, 0.15) is 37.2 Å². The van der Waals surface area contributed by atoms with E-state index in [4.69, 9.17) is 16.7 Å². The van der Waals surface area contributed by atoms with Crippen molar-refractivity contribution < 1.29 is 14.7 Å². The quantitative estimate of drug-likeness (QED) is 0.850. The number of aromatic nitrogens is 2. The van der Waals surface area contributed by atoms with E-state index >= 15 is 0 Å². The third kappa shape index (κ3) is 4.82. The second-order valence-corrected chi connectivity index (χ2v) is 6.29. The lowest BCUT2D eigenvalue weighted by molar-refractivity contribution is -0.137. The maximum absolute atomic E-state index is 12.2. The van der Waals surface area contributed by atoms with Gasteiger partial charge in [-0.15, -0.1) is 0 Å². The van der Waals surface area contributed by atoms with Gasteiger partial charge < -0.3 is 10.4 Å². The summed E-state index contributed by atoms with van der Waals surface area (Å²) in [5.74, 6) is -1.23. The first kappa shape index (κ1) is 17.0. The molecule has 0 spiro atoms. The van der Waals surface area contributed by atoms with E-state index in [0.717, 1.165) is 5.69 Å². The molecular weight excluding hydrogens is 318 g/mol. The molecule has 7 heteroatoms. The van der Waals surface area contributed by atoms with Crippen LogP contribution in [-0.4, -0.2) is 32.3 Å². The molecule has 0 aliphatic carbocycles. The number of hydrogen-bond acceptors (Lipinski definition) is 3. The fraction of sp³-hybridized carbons (Fsp3) is 0.312. The van der Waals surface area contributed by atoms with Crippen LogP contribution in [0.15, 0.2) is 36.5 Å². The van der Waals surface area contributed by atoms with Gasteiger partial charge in [-0.3, -0.25) is 9.59 Å². The minimum atomic E-state index is -0.889. The molecule has 0 atom stereocenters. The van der Waals surface area contributed by atoms with E-state index in [2.05, 4.69) is 10.4 Å². The molecule has 0 radical (unpaired) electrons. The second kappa shape index (κ2) is 6.83. The normalized spacial score (nSPS) is 11.3. The molecule has 0 bridgehead atoms. The number of carboxylic acid groups (broad SMARTS) is 1. The van der Waals surface area contributed by atoms with Crippen LogP contribution in [0.4, 0.5) is 0 Å². The summed E-state index contributed by atoms with van der Waals surface area (Å²) in [6.07, 6.45) is 2.01. The number of amides is 1. The summed E-state index contributed by atoms with van der Waals surface area (Å²) < 4.78 is 1.58. The van der Waals surface area contributed by atoms with Crippen molar-refractivity contribution in [2.45, 2.75) is 32.2 Å². The van der Waals surface area contributed by atoms with Gasteiger partial charge in [-0.05, 0) is 50.6 Å². The topological polar surface area (TPSA) is 84.2 Å². The van der Waals surface area contributed by atoms with Crippen molar-refractivity contribution >= 4 is 23.5 Å². The first-order valence-corrected chi connectivity index (χ1v) is 7.50. The zero-order valence-electron chi connectivity index (χ0n) is 12.9.